The number of esters is 1. The number of aryl methyl sites for hydroxylation is 1. The first-order valence-corrected chi connectivity index (χ1v) is 8.63. The summed E-state index contributed by atoms with van der Waals surface area (Å²) in [5.74, 6) is 1.33. The molecule has 4 rings (SSSR count). The Morgan fingerprint density at radius 2 is 1.61 bits per heavy atom. The van der Waals surface area contributed by atoms with Crippen LogP contribution in [0.1, 0.15) is 16.1 Å². The first kappa shape index (κ1) is 17.5. The molecule has 2 aromatic heterocycles. The van der Waals surface area contributed by atoms with Gasteiger partial charge >= 0.3 is 5.97 Å². The maximum Gasteiger partial charge on any atom is 0.349 e. The molecule has 6 nitrogen and oxygen atoms in total. The fourth-order valence-corrected chi connectivity index (χ4v) is 2.67. The third kappa shape index (κ3) is 3.76. The normalized spacial score (nSPS) is 10.5. The third-order valence-electron chi connectivity index (χ3n) is 4.01. The average Bonchev–Trinajstić information content (AvgIpc) is 3.12. The Balaban J connectivity index is 1.51. The Bertz CT molecular complexity index is 1070. The number of hydrogen-bond donors (Lipinski definition) is 0. The summed E-state index contributed by atoms with van der Waals surface area (Å²) in [6, 6.07) is 21.5. The van der Waals surface area contributed by atoms with Crippen LogP contribution in [0.4, 0.5) is 0 Å². The lowest BCUT2D eigenvalue weighted by molar-refractivity contribution is 0.0733. The summed E-state index contributed by atoms with van der Waals surface area (Å²) in [6.07, 6.45) is 1.65. The van der Waals surface area contributed by atoms with Crippen molar-refractivity contribution in [3.63, 3.8) is 0 Å². The lowest BCUT2D eigenvalue weighted by atomic mass is 10.1. The Morgan fingerprint density at radius 1 is 0.893 bits per heavy atom. The minimum Gasteiger partial charge on any atom is -0.439 e. The Labute approximate surface area is 161 Å². The van der Waals surface area contributed by atoms with Gasteiger partial charge in [0.1, 0.15) is 28.5 Å². The van der Waals surface area contributed by atoms with E-state index in [2.05, 4.69) is 10.1 Å². The molecule has 4 aromatic rings. The maximum absolute atomic E-state index is 12.7. The number of carbonyl (C=O) groups is 1. The lowest BCUT2D eigenvalue weighted by Gasteiger charge is -2.07. The molecule has 138 valence electrons. The zero-order valence-electron chi connectivity index (χ0n) is 15.0. The molecule has 0 aliphatic heterocycles. The number of carbonyl (C=O) groups excluding carboxylic acids is 1. The molecule has 2 aromatic carbocycles. The summed E-state index contributed by atoms with van der Waals surface area (Å²) in [4.78, 5) is 16.8. The molecule has 0 saturated heterocycles. The minimum absolute atomic E-state index is 0.306. The van der Waals surface area contributed by atoms with Crippen LogP contribution in [0.3, 0.4) is 0 Å². The molecule has 0 bridgehead atoms. The summed E-state index contributed by atoms with van der Waals surface area (Å²) in [7, 11) is 0. The van der Waals surface area contributed by atoms with E-state index in [0.717, 1.165) is 5.56 Å². The Kier molecular flexibility index (Phi) is 4.84. The number of hydrogen-bond acceptors (Lipinski definition) is 6. The summed E-state index contributed by atoms with van der Waals surface area (Å²) in [5, 5.41) is 4.01. The fraction of sp³-hybridized carbons (Fsp3) is 0.0455. The van der Waals surface area contributed by atoms with Crippen molar-refractivity contribution in [3.05, 3.63) is 90.3 Å². The topological polar surface area (TPSA) is 74.5 Å². The van der Waals surface area contributed by atoms with Crippen molar-refractivity contribution in [1.82, 2.24) is 10.1 Å². The molecule has 6 heteroatoms. The largest absolute Gasteiger partial charge is 0.439 e. The second-order valence-corrected chi connectivity index (χ2v) is 5.96. The van der Waals surface area contributed by atoms with Crippen molar-refractivity contribution in [2.24, 2.45) is 0 Å². The van der Waals surface area contributed by atoms with E-state index in [1.807, 2.05) is 42.5 Å². The SMILES string of the molecule is Cc1onc(-c2ccccc2)c1C(=O)Oc1ccc(Oc2ccccn2)cc1. The lowest BCUT2D eigenvalue weighted by Crippen LogP contribution is -2.10. The van der Waals surface area contributed by atoms with E-state index in [-0.39, 0.29) is 0 Å². The zero-order chi connectivity index (χ0) is 19.3. The van der Waals surface area contributed by atoms with Crippen LogP contribution in [0.2, 0.25) is 0 Å². The van der Waals surface area contributed by atoms with Gasteiger partial charge in [0.2, 0.25) is 5.88 Å². The molecule has 0 amide bonds. The molecule has 0 saturated carbocycles. The van der Waals surface area contributed by atoms with Gasteiger partial charge in [0.25, 0.3) is 0 Å². The van der Waals surface area contributed by atoms with Crippen molar-refractivity contribution in [1.29, 1.82) is 0 Å². The molecule has 0 unspecified atom stereocenters. The van der Waals surface area contributed by atoms with Crippen molar-refractivity contribution in [2.45, 2.75) is 6.92 Å². The summed E-state index contributed by atoms with van der Waals surface area (Å²) in [6.45, 7) is 1.68. The first-order chi connectivity index (χ1) is 13.7. The first-order valence-electron chi connectivity index (χ1n) is 8.63. The van der Waals surface area contributed by atoms with Gasteiger partial charge in [0, 0.05) is 17.8 Å². The predicted molar refractivity (Wildman–Crippen MR) is 102 cm³/mol. The second kappa shape index (κ2) is 7.75. The van der Waals surface area contributed by atoms with Gasteiger partial charge < -0.3 is 14.0 Å². The van der Waals surface area contributed by atoms with Crippen LogP contribution < -0.4 is 9.47 Å². The maximum atomic E-state index is 12.7. The van der Waals surface area contributed by atoms with E-state index in [9.17, 15) is 4.79 Å². The highest BCUT2D eigenvalue weighted by Crippen LogP contribution is 2.27. The standard InChI is InChI=1S/C22H16N2O4/c1-15-20(21(24-28-15)16-7-3-2-4-8-16)22(25)27-18-12-10-17(11-13-18)26-19-9-5-6-14-23-19/h2-14H,1H3. The quantitative estimate of drug-likeness (QED) is 0.360. The summed E-state index contributed by atoms with van der Waals surface area (Å²) in [5.41, 5.74) is 1.55. The van der Waals surface area contributed by atoms with E-state index in [1.54, 1.807) is 43.5 Å². The van der Waals surface area contributed by atoms with Crippen LogP contribution in [0, 0.1) is 6.92 Å². The summed E-state index contributed by atoms with van der Waals surface area (Å²) < 4.78 is 16.3. The molecule has 0 spiro atoms. The molecule has 0 fully saturated rings. The average molecular weight is 372 g/mol. The highest BCUT2D eigenvalue weighted by molar-refractivity contribution is 5.98. The van der Waals surface area contributed by atoms with Crippen molar-refractivity contribution in [3.8, 4) is 28.6 Å². The molecule has 0 N–H and O–H groups in total. The van der Waals surface area contributed by atoms with Crippen LogP contribution >= 0.6 is 0 Å². The highest BCUT2D eigenvalue weighted by atomic mass is 16.5. The van der Waals surface area contributed by atoms with Crippen LogP contribution in [-0.4, -0.2) is 16.1 Å². The van der Waals surface area contributed by atoms with Gasteiger partial charge in [-0.2, -0.15) is 0 Å². The molecule has 28 heavy (non-hydrogen) atoms. The highest BCUT2D eigenvalue weighted by Gasteiger charge is 2.23. The van der Waals surface area contributed by atoms with Crippen molar-refractivity contribution in [2.75, 3.05) is 0 Å². The molecule has 2 heterocycles. The number of ether oxygens (including phenoxy) is 2. The minimum atomic E-state index is -0.531. The number of nitrogens with zero attached hydrogens (tertiary/aromatic N) is 2. The second-order valence-electron chi connectivity index (χ2n) is 5.96. The summed E-state index contributed by atoms with van der Waals surface area (Å²) >= 11 is 0. The van der Waals surface area contributed by atoms with Crippen LogP contribution in [0.5, 0.6) is 17.4 Å². The van der Waals surface area contributed by atoms with Crippen molar-refractivity contribution < 1.29 is 18.8 Å². The van der Waals surface area contributed by atoms with Gasteiger partial charge in [-0.3, -0.25) is 0 Å². The molecule has 0 aliphatic carbocycles. The van der Waals surface area contributed by atoms with E-state index in [0.29, 0.717) is 34.4 Å². The smallest absolute Gasteiger partial charge is 0.349 e. The van der Waals surface area contributed by atoms with Gasteiger partial charge in [-0.15, -0.1) is 0 Å². The van der Waals surface area contributed by atoms with Gasteiger partial charge in [0.05, 0.1) is 0 Å². The van der Waals surface area contributed by atoms with Crippen LogP contribution in [0.25, 0.3) is 11.3 Å². The van der Waals surface area contributed by atoms with Gasteiger partial charge in [0.15, 0.2) is 0 Å². The fourth-order valence-electron chi connectivity index (χ4n) is 2.67. The molecule has 0 radical (unpaired) electrons. The van der Waals surface area contributed by atoms with Crippen LogP contribution in [0.15, 0.2) is 83.5 Å². The number of rotatable bonds is 5. The zero-order valence-corrected chi connectivity index (χ0v) is 15.0. The van der Waals surface area contributed by atoms with Gasteiger partial charge in [-0.25, -0.2) is 9.78 Å². The molecule has 0 aliphatic rings. The number of aromatic nitrogens is 2. The van der Waals surface area contributed by atoms with Crippen molar-refractivity contribution >= 4 is 5.97 Å². The number of benzene rings is 2. The molecular weight excluding hydrogens is 356 g/mol. The Morgan fingerprint density at radius 3 is 2.32 bits per heavy atom. The number of pyridine rings is 1. The molecular formula is C22H16N2O4. The Hall–Kier alpha value is -3.93. The third-order valence-corrected chi connectivity index (χ3v) is 4.01. The van der Waals surface area contributed by atoms with E-state index >= 15 is 0 Å². The van der Waals surface area contributed by atoms with Crippen LogP contribution in [-0.2, 0) is 0 Å². The van der Waals surface area contributed by atoms with Gasteiger partial charge in [-0.05, 0) is 37.3 Å². The molecule has 0 atom stereocenters. The predicted octanol–water partition coefficient (Wildman–Crippen LogP) is 5.06. The monoisotopic (exact) mass is 372 g/mol. The van der Waals surface area contributed by atoms with E-state index in [1.165, 1.54) is 0 Å². The van der Waals surface area contributed by atoms with Gasteiger partial charge in [-0.1, -0.05) is 41.6 Å². The van der Waals surface area contributed by atoms with E-state index in [4.69, 9.17) is 14.0 Å². The van der Waals surface area contributed by atoms with E-state index < -0.39 is 5.97 Å².